The summed E-state index contributed by atoms with van der Waals surface area (Å²) in [5, 5.41) is 1.38. The van der Waals surface area contributed by atoms with Crippen LogP contribution in [-0.2, 0) is 4.74 Å². The third-order valence-corrected chi connectivity index (χ3v) is 4.91. The lowest BCUT2D eigenvalue weighted by atomic mass is 10.4. The van der Waals surface area contributed by atoms with Gasteiger partial charge in [0, 0.05) is 4.90 Å². The van der Waals surface area contributed by atoms with E-state index in [1.54, 1.807) is 32.0 Å². The van der Waals surface area contributed by atoms with Gasteiger partial charge in [-0.05, 0) is 26.0 Å². The number of halogens is 3. The monoisotopic (exact) mass is 376 g/mol. The summed E-state index contributed by atoms with van der Waals surface area (Å²) in [6.45, 7) is 3.68. The largest absolute Gasteiger partial charge is 0.461 e. The minimum Gasteiger partial charge on any atom is -0.461 e. The van der Waals surface area contributed by atoms with Gasteiger partial charge >= 0.3 is 5.97 Å². The van der Waals surface area contributed by atoms with Gasteiger partial charge in [-0.15, -0.1) is 0 Å². The molecular weight excluding hydrogens is 367 g/mol. The summed E-state index contributed by atoms with van der Waals surface area (Å²) in [7, 11) is 0. The Bertz CT molecular complexity index is 725. The summed E-state index contributed by atoms with van der Waals surface area (Å²) in [5.74, 6) is -0.612. The molecule has 0 unspecified atom stereocenters. The molecule has 0 radical (unpaired) electrons. The van der Waals surface area contributed by atoms with Gasteiger partial charge in [-0.3, -0.25) is 0 Å². The minimum absolute atomic E-state index is 0.0116. The third-order valence-electron chi connectivity index (χ3n) is 2.58. The molecule has 0 amide bonds. The van der Waals surface area contributed by atoms with Crippen LogP contribution in [0.15, 0.2) is 28.1 Å². The molecule has 4 nitrogen and oxygen atoms in total. The van der Waals surface area contributed by atoms with Crippen LogP contribution in [0.3, 0.4) is 0 Å². The Morgan fingerprint density at radius 1 is 1.27 bits per heavy atom. The first-order valence-electron chi connectivity index (χ1n) is 6.27. The van der Waals surface area contributed by atoms with Crippen LogP contribution in [0.1, 0.15) is 23.1 Å². The fraction of sp³-hybridized carbons (Fsp3) is 0.214. The third kappa shape index (κ3) is 3.84. The second-order valence-corrected chi connectivity index (χ2v) is 6.30. The van der Waals surface area contributed by atoms with Crippen molar-refractivity contribution in [3.05, 3.63) is 44.8 Å². The van der Waals surface area contributed by atoms with Crippen LogP contribution in [0.5, 0.6) is 0 Å². The molecule has 0 saturated heterocycles. The predicted octanol–water partition coefficient (Wildman–Crippen LogP) is 5.07. The highest BCUT2D eigenvalue weighted by Gasteiger charge is 2.19. The summed E-state index contributed by atoms with van der Waals surface area (Å²) in [6.07, 6.45) is 0. The van der Waals surface area contributed by atoms with E-state index >= 15 is 0 Å². The Labute approximate surface area is 147 Å². The Hall–Kier alpha value is -1.01. The molecule has 0 saturated carbocycles. The van der Waals surface area contributed by atoms with Gasteiger partial charge in [-0.1, -0.05) is 52.6 Å². The smallest absolute Gasteiger partial charge is 0.360 e. The summed E-state index contributed by atoms with van der Waals surface area (Å²) in [5.41, 5.74) is 0.564. The standard InChI is InChI=1S/C14H11Cl3N2O2S/c1-3-21-14(20)11-12(17)18-7(2)13(19-11)22-9-6-4-5-8(15)10(9)16/h4-6H,3H2,1-2H3. The zero-order valence-electron chi connectivity index (χ0n) is 11.7. The fourth-order valence-electron chi connectivity index (χ4n) is 1.57. The van der Waals surface area contributed by atoms with Crippen LogP contribution in [0.25, 0.3) is 0 Å². The van der Waals surface area contributed by atoms with Crippen molar-refractivity contribution in [1.82, 2.24) is 9.97 Å². The normalized spacial score (nSPS) is 10.6. The average molecular weight is 378 g/mol. The number of benzene rings is 1. The first kappa shape index (κ1) is 17.3. The Balaban J connectivity index is 2.41. The van der Waals surface area contributed by atoms with Crippen molar-refractivity contribution in [2.45, 2.75) is 23.8 Å². The zero-order chi connectivity index (χ0) is 16.3. The van der Waals surface area contributed by atoms with Gasteiger partial charge in [0.25, 0.3) is 0 Å². The highest BCUT2D eigenvalue weighted by Crippen LogP contribution is 2.37. The maximum Gasteiger partial charge on any atom is 0.360 e. The number of carbonyl (C=O) groups excluding carboxylic acids is 1. The molecule has 0 N–H and O–H groups in total. The van der Waals surface area contributed by atoms with Crippen molar-refractivity contribution in [3.8, 4) is 0 Å². The van der Waals surface area contributed by atoms with Gasteiger partial charge in [-0.25, -0.2) is 14.8 Å². The molecule has 0 bridgehead atoms. The van der Waals surface area contributed by atoms with Crippen molar-refractivity contribution >= 4 is 52.5 Å². The van der Waals surface area contributed by atoms with Crippen LogP contribution in [0, 0.1) is 6.92 Å². The number of aryl methyl sites for hydroxylation is 1. The lowest BCUT2D eigenvalue weighted by Gasteiger charge is -2.09. The molecule has 2 rings (SSSR count). The zero-order valence-corrected chi connectivity index (χ0v) is 14.8. The number of rotatable bonds is 4. The van der Waals surface area contributed by atoms with E-state index in [0.717, 1.165) is 0 Å². The van der Waals surface area contributed by atoms with Crippen LogP contribution in [-0.4, -0.2) is 22.5 Å². The fourth-order valence-corrected chi connectivity index (χ4v) is 3.17. The first-order valence-corrected chi connectivity index (χ1v) is 8.22. The molecular formula is C14H11Cl3N2O2S. The van der Waals surface area contributed by atoms with Crippen LogP contribution < -0.4 is 0 Å². The van der Waals surface area contributed by atoms with Gasteiger partial charge in [-0.2, -0.15) is 0 Å². The van der Waals surface area contributed by atoms with E-state index < -0.39 is 5.97 Å². The number of carbonyl (C=O) groups is 1. The molecule has 1 aromatic heterocycles. The van der Waals surface area contributed by atoms with E-state index in [4.69, 9.17) is 39.5 Å². The number of ether oxygens (including phenoxy) is 1. The quantitative estimate of drug-likeness (QED) is 0.696. The summed E-state index contributed by atoms with van der Waals surface area (Å²) >= 11 is 19.4. The van der Waals surface area contributed by atoms with Crippen molar-refractivity contribution in [1.29, 1.82) is 0 Å². The molecule has 0 atom stereocenters. The maximum atomic E-state index is 11.8. The second-order valence-electron chi connectivity index (χ2n) is 4.13. The van der Waals surface area contributed by atoms with Crippen molar-refractivity contribution in [2.24, 2.45) is 0 Å². The lowest BCUT2D eigenvalue weighted by molar-refractivity contribution is 0.0518. The number of esters is 1. The predicted molar refractivity (Wildman–Crippen MR) is 88.3 cm³/mol. The highest BCUT2D eigenvalue weighted by atomic mass is 35.5. The Morgan fingerprint density at radius 2 is 2.00 bits per heavy atom. The van der Waals surface area contributed by atoms with E-state index in [1.807, 2.05) is 0 Å². The van der Waals surface area contributed by atoms with Crippen LogP contribution in [0.2, 0.25) is 15.2 Å². The highest BCUT2D eigenvalue weighted by molar-refractivity contribution is 7.99. The van der Waals surface area contributed by atoms with Crippen molar-refractivity contribution in [3.63, 3.8) is 0 Å². The van der Waals surface area contributed by atoms with Crippen LogP contribution >= 0.6 is 46.6 Å². The Kier molecular flexibility index (Phi) is 5.92. The van der Waals surface area contributed by atoms with Gasteiger partial charge in [0.05, 0.1) is 22.3 Å². The van der Waals surface area contributed by atoms with E-state index in [1.165, 1.54) is 11.8 Å². The van der Waals surface area contributed by atoms with E-state index in [0.29, 0.717) is 25.7 Å². The minimum atomic E-state index is -0.612. The molecule has 0 fully saturated rings. The molecule has 0 aliphatic carbocycles. The molecule has 116 valence electrons. The van der Waals surface area contributed by atoms with Gasteiger partial charge in [0.2, 0.25) is 0 Å². The molecule has 8 heteroatoms. The van der Waals surface area contributed by atoms with E-state index in [2.05, 4.69) is 9.97 Å². The lowest BCUT2D eigenvalue weighted by Crippen LogP contribution is -2.10. The van der Waals surface area contributed by atoms with Crippen molar-refractivity contribution < 1.29 is 9.53 Å². The number of aromatic nitrogens is 2. The topological polar surface area (TPSA) is 52.1 Å². The van der Waals surface area contributed by atoms with Crippen molar-refractivity contribution in [2.75, 3.05) is 6.61 Å². The van der Waals surface area contributed by atoms with Gasteiger partial charge in [0.1, 0.15) is 5.03 Å². The number of hydrogen-bond acceptors (Lipinski definition) is 5. The molecule has 22 heavy (non-hydrogen) atoms. The molecule has 0 aliphatic rings. The molecule has 2 aromatic rings. The summed E-state index contributed by atoms with van der Waals surface area (Å²) in [4.78, 5) is 20.9. The van der Waals surface area contributed by atoms with E-state index in [-0.39, 0.29) is 17.5 Å². The van der Waals surface area contributed by atoms with Crippen LogP contribution in [0.4, 0.5) is 0 Å². The SMILES string of the molecule is CCOC(=O)c1nc(Sc2cccc(Cl)c2Cl)c(C)nc1Cl. The number of nitrogens with zero attached hydrogens (tertiary/aromatic N) is 2. The molecule has 0 spiro atoms. The number of hydrogen-bond donors (Lipinski definition) is 0. The average Bonchev–Trinajstić information content (AvgIpc) is 2.46. The maximum absolute atomic E-state index is 11.8. The van der Waals surface area contributed by atoms with E-state index in [9.17, 15) is 4.79 Å². The van der Waals surface area contributed by atoms with Gasteiger partial charge < -0.3 is 4.74 Å². The molecule has 1 heterocycles. The Morgan fingerprint density at radius 3 is 2.68 bits per heavy atom. The van der Waals surface area contributed by atoms with Gasteiger partial charge in [0.15, 0.2) is 10.8 Å². The molecule has 0 aliphatic heterocycles. The summed E-state index contributed by atoms with van der Waals surface area (Å²) in [6, 6.07) is 5.28. The second kappa shape index (κ2) is 7.51. The molecule has 1 aromatic carbocycles. The summed E-state index contributed by atoms with van der Waals surface area (Å²) < 4.78 is 4.91. The first-order chi connectivity index (χ1) is 10.4.